The zero-order valence-electron chi connectivity index (χ0n) is 11.1. The number of hydrogen-bond donors (Lipinski definition) is 2. The minimum Gasteiger partial charge on any atom is -0.495 e. The predicted molar refractivity (Wildman–Crippen MR) is 77.1 cm³/mol. The second kappa shape index (κ2) is 6.09. The fourth-order valence-corrected chi connectivity index (χ4v) is 1.82. The highest BCUT2D eigenvalue weighted by Gasteiger charge is 2.13. The van der Waals surface area contributed by atoms with Gasteiger partial charge in [0.1, 0.15) is 5.75 Å². The number of rotatable bonds is 4. The molecule has 0 radical (unpaired) electrons. The predicted octanol–water partition coefficient (Wildman–Crippen LogP) is 2.78. The average Bonchev–Trinajstić information content (AvgIpc) is 2.24. The van der Waals surface area contributed by atoms with Gasteiger partial charge in [-0.25, -0.2) is 0 Å². The van der Waals surface area contributed by atoms with E-state index in [2.05, 4.69) is 26.6 Å². The van der Waals surface area contributed by atoms with Gasteiger partial charge in [-0.2, -0.15) is 0 Å². The molecule has 0 saturated carbocycles. The Kier molecular flexibility index (Phi) is 5.02. The van der Waals surface area contributed by atoms with Gasteiger partial charge in [0.2, 0.25) is 5.91 Å². The molecule has 0 fully saturated rings. The third-order valence-corrected chi connectivity index (χ3v) is 2.61. The summed E-state index contributed by atoms with van der Waals surface area (Å²) in [5.74, 6) is 0.659. The van der Waals surface area contributed by atoms with E-state index in [0.29, 0.717) is 5.75 Å². The van der Waals surface area contributed by atoms with Gasteiger partial charge < -0.3 is 15.4 Å². The lowest BCUT2D eigenvalue weighted by molar-refractivity contribution is -0.120. The Hall–Kier alpha value is -1.23. The molecule has 2 N–H and O–H groups in total. The summed E-state index contributed by atoms with van der Waals surface area (Å²) in [5.41, 5.74) is 0.566. The number of benzene rings is 1. The monoisotopic (exact) mass is 314 g/mol. The Morgan fingerprint density at radius 1 is 1.39 bits per heavy atom. The van der Waals surface area contributed by atoms with Gasteiger partial charge in [-0.1, -0.05) is 15.9 Å². The van der Waals surface area contributed by atoms with E-state index in [1.807, 2.05) is 39.0 Å². The maximum atomic E-state index is 11.7. The van der Waals surface area contributed by atoms with E-state index in [4.69, 9.17) is 4.74 Å². The van der Waals surface area contributed by atoms with Crippen molar-refractivity contribution in [1.29, 1.82) is 0 Å². The van der Waals surface area contributed by atoms with Crippen LogP contribution in [0.15, 0.2) is 22.7 Å². The molecule has 4 nitrogen and oxygen atoms in total. The molecule has 0 heterocycles. The number of methoxy groups -OCH3 is 1. The van der Waals surface area contributed by atoms with Crippen molar-refractivity contribution in [3.05, 3.63) is 22.7 Å². The molecule has 0 aliphatic rings. The summed E-state index contributed by atoms with van der Waals surface area (Å²) in [4.78, 5) is 11.7. The standard InChI is InChI=1S/C13H19BrN2O2/c1-13(2,3)16-12(17)8-15-10-7-9(14)5-6-11(10)18-4/h5-7,15H,8H2,1-4H3,(H,16,17). The first-order valence-electron chi connectivity index (χ1n) is 5.70. The molecule has 0 aliphatic carbocycles. The normalized spacial score (nSPS) is 10.9. The van der Waals surface area contributed by atoms with Gasteiger partial charge in [-0.15, -0.1) is 0 Å². The van der Waals surface area contributed by atoms with Crippen molar-refractivity contribution in [2.75, 3.05) is 19.0 Å². The Morgan fingerprint density at radius 3 is 2.61 bits per heavy atom. The fourth-order valence-electron chi connectivity index (χ4n) is 1.46. The highest BCUT2D eigenvalue weighted by molar-refractivity contribution is 9.10. The lowest BCUT2D eigenvalue weighted by Gasteiger charge is -2.21. The molecule has 0 bridgehead atoms. The number of amides is 1. The van der Waals surface area contributed by atoms with Crippen molar-refractivity contribution in [3.8, 4) is 5.75 Å². The zero-order chi connectivity index (χ0) is 13.8. The third-order valence-electron chi connectivity index (χ3n) is 2.12. The highest BCUT2D eigenvalue weighted by atomic mass is 79.9. The molecule has 0 aliphatic heterocycles. The minimum absolute atomic E-state index is 0.0514. The quantitative estimate of drug-likeness (QED) is 0.898. The van der Waals surface area contributed by atoms with E-state index in [1.54, 1.807) is 7.11 Å². The molecular weight excluding hydrogens is 296 g/mol. The van der Waals surface area contributed by atoms with Crippen molar-refractivity contribution in [1.82, 2.24) is 5.32 Å². The molecule has 1 amide bonds. The molecule has 0 aromatic heterocycles. The maximum Gasteiger partial charge on any atom is 0.239 e. The first-order chi connectivity index (χ1) is 8.31. The molecule has 0 unspecified atom stereocenters. The SMILES string of the molecule is COc1ccc(Br)cc1NCC(=O)NC(C)(C)C. The van der Waals surface area contributed by atoms with Crippen LogP contribution in [0.25, 0.3) is 0 Å². The molecule has 1 aromatic carbocycles. The van der Waals surface area contributed by atoms with Gasteiger partial charge in [-0.3, -0.25) is 4.79 Å². The fraction of sp³-hybridized carbons (Fsp3) is 0.462. The smallest absolute Gasteiger partial charge is 0.239 e. The Balaban J connectivity index is 2.63. The molecular formula is C13H19BrN2O2. The van der Waals surface area contributed by atoms with E-state index in [0.717, 1.165) is 10.2 Å². The van der Waals surface area contributed by atoms with E-state index >= 15 is 0 Å². The van der Waals surface area contributed by atoms with E-state index in [-0.39, 0.29) is 18.0 Å². The van der Waals surface area contributed by atoms with Crippen LogP contribution in [-0.2, 0) is 4.79 Å². The summed E-state index contributed by atoms with van der Waals surface area (Å²) >= 11 is 3.39. The van der Waals surface area contributed by atoms with Crippen molar-refractivity contribution < 1.29 is 9.53 Å². The van der Waals surface area contributed by atoms with Crippen LogP contribution < -0.4 is 15.4 Å². The summed E-state index contributed by atoms with van der Waals surface area (Å²) in [5, 5.41) is 5.95. The Morgan fingerprint density at radius 2 is 2.06 bits per heavy atom. The number of carbonyl (C=O) groups excluding carboxylic acids is 1. The van der Waals surface area contributed by atoms with Crippen LogP contribution in [-0.4, -0.2) is 25.1 Å². The molecule has 100 valence electrons. The Bertz CT molecular complexity index is 427. The van der Waals surface area contributed by atoms with Gasteiger partial charge in [0.15, 0.2) is 0 Å². The maximum absolute atomic E-state index is 11.7. The average molecular weight is 315 g/mol. The minimum atomic E-state index is -0.222. The summed E-state index contributed by atoms with van der Waals surface area (Å²) in [6.45, 7) is 6.06. The van der Waals surface area contributed by atoms with Crippen LogP contribution in [0.1, 0.15) is 20.8 Å². The van der Waals surface area contributed by atoms with Crippen LogP contribution in [0.4, 0.5) is 5.69 Å². The van der Waals surface area contributed by atoms with Crippen molar-refractivity contribution in [2.45, 2.75) is 26.3 Å². The largest absolute Gasteiger partial charge is 0.495 e. The third kappa shape index (κ3) is 4.96. The second-order valence-corrected chi connectivity index (χ2v) is 5.91. The topological polar surface area (TPSA) is 50.4 Å². The van der Waals surface area contributed by atoms with E-state index in [9.17, 15) is 4.79 Å². The van der Waals surface area contributed by atoms with Crippen molar-refractivity contribution in [2.24, 2.45) is 0 Å². The lowest BCUT2D eigenvalue weighted by atomic mass is 10.1. The molecule has 0 spiro atoms. The van der Waals surface area contributed by atoms with Crippen molar-refractivity contribution >= 4 is 27.5 Å². The number of ether oxygens (including phenoxy) is 1. The van der Waals surface area contributed by atoms with Crippen LogP contribution >= 0.6 is 15.9 Å². The van der Waals surface area contributed by atoms with Gasteiger partial charge >= 0.3 is 0 Å². The zero-order valence-corrected chi connectivity index (χ0v) is 12.7. The summed E-state index contributed by atoms with van der Waals surface area (Å²) in [6.07, 6.45) is 0. The van der Waals surface area contributed by atoms with Crippen LogP contribution in [0.5, 0.6) is 5.75 Å². The summed E-state index contributed by atoms with van der Waals surface area (Å²) in [7, 11) is 1.60. The van der Waals surface area contributed by atoms with Crippen LogP contribution in [0.3, 0.4) is 0 Å². The summed E-state index contributed by atoms with van der Waals surface area (Å²) in [6, 6.07) is 5.61. The molecule has 18 heavy (non-hydrogen) atoms. The van der Waals surface area contributed by atoms with Crippen LogP contribution in [0.2, 0.25) is 0 Å². The molecule has 1 aromatic rings. The molecule has 0 atom stereocenters. The highest BCUT2D eigenvalue weighted by Crippen LogP contribution is 2.27. The number of carbonyl (C=O) groups is 1. The summed E-state index contributed by atoms with van der Waals surface area (Å²) < 4.78 is 6.15. The molecule has 1 rings (SSSR count). The van der Waals surface area contributed by atoms with Gasteiger partial charge in [-0.05, 0) is 39.0 Å². The van der Waals surface area contributed by atoms with Crippen molar-refractivity contribution in [3.63, 3.8) is 0 Å². The molecule has 0 saturated heterocycles. The first kappa shape index (κ1) is 14.8. The van der Waals surface area contributed by atoms with E-state index in [1.165, 1.54) is 0 Å². The molecule has 5 heteroatoms. The Labute approximate surface area is 116 Å². The van der Waals surface area contributed by atoms with Gasteiger partial charge in [0.05, 0.1) is 19.3 Å². The number of hydrogen-bond acceptors (Lipinski definition) is 3. The van der Waals surface area contributed by atoms with E-state index < -0.39 is 0 Å². The first-order valence-corrected chi connectivity index (χ1v) is 6.49. The van der Waals surface area contributed by atoms with Crippen LogP contribution in [0, 0.1) is 0 Å². The number of nitrogens with one attached hydrogen (secondary N) is 2. The van der Waals surface area contributed by atoms with Gasteiger partial charge in [0, 0.05) is 10.0 Å². The lowest BCUT2D eigenvalue weighted by Crippen LogP contribution is -2.43. The second-order valence-electron chi connectivity index (χ2n) is 5.00. The van der Waals surface area contributed by atoms with Gasteiger partial charge in [0.25, 0.3) is 0 Å². The number of anilines is 1. The number of halogens is 1.